The predicted octanol–water partition coefficient (Wildman–Crippen LogP) is 2.94. The summed E-state index contributed by atoms with van der Waals surface area (Å²) in [6, 6.07) is 4.14. The summed E-state index contributed by atoms with van der Waals surface area (Å²) in [6.07, 6.45) is 0. The number of hydrogen-bond donors (Lipinski definition) is 1. The number of rotatable bonds is 3. The molecule has 1 N–H and O–H groups in total. The van der Waals surface area contributed by atoms with E-state index in [0.29, 0.717) is 16.2 Å². The normalized spacial score (nSPS) is 12.4. The van der Waals surface area contributed by atoms with E-state index in [2.05, 4.69) is 0 Å². The average Bonchev–Trinajstić information content (AvgIpc) is 2.73. The molecule has 0 aliphatic carbocycles. The highest BCUT2D eigenvalue weighted by molar-refractivity contribution is 6.31. The summed E-state index contributed by atoms with van der Waals surface area (Å²) in [5, 5.41) is 10.2. The third-order valence-corrected chi connectivity index (χ3v) is 3.59. The van der Waals surface area contributed by atoms with E-state index in [4.69, 9.17) is 21.1 Å². The number of carbonyl (C=O) groups is 2. The van der Waals surface area contributed by atoms with E-state index >= 15 is 0 Å². The molecule has 0 aliphatic heterocycles. The number of fused-ring (bicyclic) bond motifs is 1. The fourth-order valence-electron chi connectivity index (χ4n) is 1.90. The molecule has 1 heterocycles. The van der Waals surface area contributed by atoms with Crippen LogP contribution in [0.25, 0.3) is 11.0 Å². The van der Waals surface area contributed by atoms with Gasteiger partial charge >= 0.3 is 5.97 Å². The Hall–Kier alpha value is -2.01. The van der Waals surface area contributed by atoms with Gasteiger partial charge in [0, 0.05) is 23.0 Å². The van der Waals surface area contributed by atoms with Crippen LogP contribution in [0.1, 0.15) is 23.0 Å². The third kappa shape index (κ3) is 2.36. The Morgan fingerprint density at radius 3 is 2.65 bits per heavy atom. The molecule has 2 aromatic rings. The molecule has 5 nitrogen and oxygen atoms in total. The van der Waals surface area contributed by atoms with Gasteiger partial charge in [0.05, 0.1) is 0 Å². The lowest BCUT2D eigenvalue weighted by Gasteiger charge is -2.20. The van der Waals surface area contributed by atoms with E-state index in [1.54, 1.807) is 25.1 Å². The van der Waals surface area contributed by atoms with Crippen LogP contribution >= 0.6 is 11.6 Å². The van der Waals surface area contributed by atoms with Gasteiger partial charge in [-0.05, 0) is 32.0 Å². The topological polar surface area (TPSA) is 70.8 Å². The minimum absolute atomic E-state index is 0.137. The lowest BCUT2D eigenvalue weighted by atomic mass is 10.1. The molecule has 0 saturated heterocycles. The Kier molecular flexibility index (Phi) is 3.72. The zero-order valence-corrected chi connectivity index (χ0v) is 12.1. The number of carboxylic acids is 1. The molecule has 1 amide bonds. The van der Waals surface area contributed by atoms with Crippen molar-refractivity contribution in [2.45, 2.75) is 19.9 Å². The van der Waals surface area contributed by atoms with Gasteiger partial charge in [-0.1, -0.05) is 11.6 Å². The molecule has 0 fully saturated rings. The second kappa shape index (κ2) is 5.17. The van der Waals surface area contributed by atoms with Gasteiger partial charge in [0.15, 0.2) is 5.76 Å². The summed E-state index contributed by atoms with van der Waals surface area (Å²) in [4.78, 5) is 24.4. The molecule has 0 saturated carbocycles. The van der Waals surface area contributed by atoms with Crippen LogP contribution in [0.15, 0.2) is 22.6 Å². The predicted molar refractivity (Wildman–Crippen MR) is 75.2 cm³/mol. The lowest BCUT2D eigenvalue weighted by Crippen LogP contribution is -2.40. The highest BCUT2D eigenvalue weighted by Gasteiger charge is 2.27. The van der Waals surface area contributed by atoms with Crippen LogP contribution in [0.2, 0.25) is 5.02 Å². The number of aryl methyl sites for hydroxylation is 1. The first-order valence-corrected chi connectivity index (χ1v) is 6.39. The monoisotopic (exact) mass is 295 g/mol. The standard InChI is InChI=1S/C14H14ClNO4/c1-7-10-6-9(15)4-5-11(10)20-12(7)13(17)16(3)8(2)14(18)19/h4-6,8H,1-3H3,(H,18,19). The summed E-state index contributed by atoms with van der Waals surface area (Å²) in [7, 11) is 1.43. The second-order valence-electron chi connectivity index (χ2n) is 4.63. The summed E-state index contributed by atoms with van der Waals surface area (Å²) >= 11 is 5.92. The molecule has 0 radical (unpaired) electrons. The van der Waals surface area contributed by atoms with E-state index < -0.39 is 17.9 Å². The van der Waals surface area contributed by atoms with Crippen molar-refractivity contribution < 1.29 is 19.1 Å². The number of carbonyl (C=O) groups excluding carboxylic acids is 1. The Labute approximate surface area is 120 Å². The minimum Gasteiger partial charge on any atom is -0.480 e. The minimum atomic E-state index is -1.07. The number of likely N-dealkylation sites (N-methyl/N-ethyl adjacent to an activating group) is 1. The van der Waals surface area contributed by atoms with Crippen LogP contribution < -0.4 is 0 Å². The zero-order chi connectivity index (χ0) is 15.0. The highest BCUT2D eigenvalue weighted by atomic mass is 35.5. The molecular formula is C14H14ClNO4. The van der Waals surface area contributed by atoms with Gasteiger partial charge in [-0.25, -0.2) is 4.79 Å². The number of carboxylic acid groups (broad SMARTS) is 1. The number of halogens is 1. The fourth-order valence-corrected chi connectivity index (χ4v) is 2.07. The van der Waals surface area contributed by atoms with Crippen molar-refractivity contribution in [3.63, 3.8) is 0 Å². The molecule has 1 atom stereocenters. The van der Waals surface area contributed by atoms with Crippen molar-refractivity contribution in [2.24, 2.45) is 0 Å². The van der Waals surface area contributed by atoms with Crippen LogP contribution in [-0.4, -0.2) is 35.0 Å². The van der Waals surface area contributed by atoms with Crippen LogP contribution in [0.5, 0.6) is 0 Å². The maximum atomic E-state index is 12.3. The smallest absolute Gasteiger partial charge is 0.326 e. The first-order valence-electron chi connectivity index (χ1n) is 6.01. The van der Waals surface area contributed by atoms with Crippen molar-refractivity contribution in [1.82, 2.24) is 4.90 Å². The van der Waals surface area contributed by atoms with Crippen molar-refractivity contribution in [3.8, 4) is 0 Å². The van der Waals surface area contributed by atoms with Gasteiger partial charge in [0.25, 0.3) is 5.91 Å². The van der Waals surface area contributed by atoms with Gasteiger partial charge in [0.2, 0.25) is 0 Å². The largest absolute Gasteiger partial charge is 0.480 e. The molecule has 0 bridgehead atoms. The van der Waals surface area contributed by atoms with E-state index in [-0.39, 0.29) is 5.76 Å². The van der Waals surface area contributed by atoms with Crippen LogP contribution in [0, 0.1) is 6.92 Å². The molecule has 0 aliphatic rings. The average molecular weight is 296 g/mol. The number of amides is 1. The zero-order valence-electron chi connectivity index (χ0n) is 11.3. The van der Waals surface area contributed by atoms with E-state index in [1.807, 2.05) is 0 Å². The van der Waals surface area contributed by atoms with Crippen molar-refractivity contribution in [3.05, 3.63) is 34.5 Å². The Morgan fingerprint density at radius 1 is 1.40 bits per heavy atom. The quantitative estimate of drug-likeness (QED) is 0.945. The lowest BCUT2D eigenvalue weighted by molar-refractivity contribution is -0.141. The molecular weight excluding hydrogens is 282 g/mol. The van der Waals surface area contributed by atoms with E-state index in [9.17, 15) is 9.59 Å². The molecule has 6 heteroatoms. The van der Waals surface area contributed by atoms with Crippen LogP contribution in [0.3, 0.4) is 0 Å². The van der Waals surface area contributed by atoms with Gasteiger partial charge in [-0.3, -0.25) is 4.79 Å². The Balaban J connectivity index is 2.45. The maximum Gasteiger partial charge on any atom is 0.326 e. The Morgan fingerprint density at radius 2 is 2.05 bits per heavy atom. The molecule has 1 aromatic carbocycles. The molecule has 20 heavy (non-hydrogen) atoms. The molecule has 1 aromatic heterocycles. The number of furan rings is 1. The maximum absolute atomic E-state index is 12.3. The summed E-state index contributed by atoms with van der Waals surface area (Å²) in [5.41, 5.74) is 1.20. The Bertz CT molecular complexity index is 692. The number of nitrogens with zero attached hydrogens (tertiary/aromatic N) is 1. The molecule has 0 spiro atoms. The highest BCUT2D eigenvalue weighted by Crippen LogP contribution is 2.28. The SMILES string of the molecule is Cc1c(C(=O)N(C)C(C)C(=O)O)oc2ccc(Cl)cc12. The molecule has 2 rings (SSSR count). The summed E-state index contributed by atoms with van der Waals surface area (Å²) in [6.45, 7) is 3.18. The van der Waals surface area contributed by atoms with Crippen LogP contribution in [0.4, 0.5) is 0 Å². The number of benzene rings is 1. The number of hydrogen-bond acceptors (Lipinski definition) is 3. The van der Waals surface area contributed by atoms with Gasteiger partial charge in [-0.15, -0.1) is 0 Å². The van der Waals surface area contributed by atoms with Crippen molar-refractivity contribution >= 4 is 34.4 Å². The summed E-state index contributed by atoms with van der Waals surface area (Å²) in [5.74, 6) is -1.40. The van der Waals surface area contributed by atoms with E-state index in [0.717, 1.165) is 10.3 Å². The molecule has 1 unspecified atom stereocenters. The third-order valence-electron chi connectivity index (χ3n) is 3.35. The van der Waals surface area contributed by atoms with Gasteiger partial charge in [-0.2, -0.15) is 0 Å². The number of aliphatic carboxylic acids is 1. The second-order valence-corrected chi connectivity index (χ2v) is 5.06. The van der Waals surface area contributed by atoms with Crippen LogP contribution in [-0.2, 0) is 4.79 Å². The molecule has 106 valence electrons. The first kappa shape index (κ1) is 14.4. The first-order chi connectivity index (χ1) is 9.32. The van der Waals surface area contributed by atoms with Gasteiger partial charge < -0.3 is 14.4 Å². The van der Waals surface area contributed by atoms with Crippen molar-refractivity contribution in [1.29, 1.82) is 0 Å². The van der Waals surface area contributed by atoms with Crippen molar-refractivity contribution in [2.75, 3.05) is 7.05 Å². The van der Waals surface area contributed by atoms with Gasteiger partial charge in [0.1, 0.15) is 11.6 Å². The fraction of sp³-hybridized carbons (Fsp3) is 0.286. The summed E-state index contributed by atoms with van der Waals surface area (Å²) < 4.78 is 5.52. The van der Waals surface area contributed by atoms with E-state index in [1.165, 1.54) is 14.0 Å².